The van der Waals surface area contributed by atoms with Gasteiger partial charge in [0.25, 0.3) is 0 Å². The van der Waals surface area contributed by atoms with Crippen molar-refractivity contribution in [3.8, 4) is 0 Å². The lowest BCUT2D eigenvalue weighted by atomic mass is 9.95. The van der Waals surface area contributed by atoms with Crippen LogP contribution < -0.4 is 10.2 Å². The number of para-hydroxylation sites is 1. The molecule has 4 rings (SSSR count). The van der Waals surface area contributed by atoms with Gasteiger partial charge in [0.2, 0.25) is 0 Å². The molecule has 1 atom stereocenters. The summed E-state index contributed by atoms with van der Waals surface area (Å²) in [7, 11) is 0. The molecule has 2 aliphatic rings. The second-order valence-corrected chi connectivity index (χ2v) is 7.02. The van der Waals surface area contributed by atoms with Gasteiger partial charge in [0.05, 0.1) is 0 Å². The summed E-state index contributed by atoms with van der Waals surface area (Å²) in [5.74, 6) is 2.13. The molecule has 1 N–H and O–H groups in total. The summed E-state index contributed by atoms with van der Waals surface area (Å²) in [5, 5.41) is 3.69. The highest BCUT2D eigenvalue weighted by Gasteiger charge is 2.25. The number of hydrogen-bond acceptors (Lipinski definition) is 4. The number of piperidine rings is 1. The van der Waals surface area contributed by atoms with Crippen LogP contribution in [0.2, 0.25) is 0 Å². The Hall–Kier alpha value is -2.10. The van der Waals surface area contributed by atoms with E-state index < -0.39 is 0 Å². The summed E-state index contributed by atoms with van der Waals surface area (Å²) >= 11 is 0. The number of benzene rings is 1. The molecule has 1 fully saturated rings. The predicted octanol–water partition coefficient (Wildman–Crippen LogP) is 3.74. The van der Waals surface area contributed by atoms with Crippen molar-refractivity contribution in [1.29, 1.82) is 0 Å². The van der Waals surface area contributed by atoms with E-state index in [0.29, 0.717) is 6.04 Å². The molecule has 0 saturated carbocycles. The second kappa shape index (κ2) is 6.80. The van der Waals surface area contributed by atoms with E-state index in [2.05, 4.69) is 40.5 Å². The minimum Gasteiger partial charge on any atom is -0.381 e. The van der Waals surface area contributed by atoms with E-state index in [1.807, 2.05) is 6.92 Å². The van der Waals surface area contributed by atoms with Crippen LogP contribution in [0.25, 0.3) is 0 Å². The Bertz CT molecular complexity index is 698. The molecule has 24 heavy (non-hydrogen) atoms. The molecule has 0 spiro atoms. The van der Waals surface area contributed by atoms with Gasteiger partial charge in [-0.1, -0.05) is 18.2 Å². The van der Waals surface area contributed by atoms with Crippen LogP contribution in [0.4, 0.5) is 11.5 Å². The average Bonchev–Trinajstić information content (AvgIpc) is 2.62. The number of aryl methyl sites for hydroxylation is 2. The molecule has 1 aromatic heterocycles. The fraction of sp³-hybridized carbons (Fsp3) is 0.500. The van der Waals surface area contributed by atoms with Gasteiger partial charge in [-0.2, -0.15) is 0 Å². The lowest BCUT2D eigenvalue weighted by Crippen LogP contribution is -2.43. The first-order valence-electron chi connectivity index (χ1n) is 9.22. The maximum atomic E-state index is 4.84. The van der Waals surface area contributed by atoms with Gasteiger partial charge in [0, 0.05) is 36.1 Å². The fourth-order valence-corrected chi connectivity index (χ4v) is 4.01. The topological polar surface area (TPSA) is 41.1 Å². The van der Waals surface area contributed by atoms with Crippen LogP contribution in [0.3, 0.4) is 0 Å². The van der Waals surface area contributed by atoms with Crippen LogP contribution in [0.5, 0.6) is 0 Å². The van der Waals surface area contributed by atoms with Crippen molar-refractivity contribution in [2.75, 3.05) is 23.3 Å². The van der Waals surface area contributed by atoms with Crippen molar-refractivity contribution >= 4 is 11.5 Å². The average molecular weight is 322 g/mol. The molecule has 1 aliphatic heterocycles. The van der Waals surface area contributed by atoms with Crippen LogP contribution in [0.15, 0.2) is 30.3 Å². The molecule has 2 heterocycles. The van der Waals surface area contributed by atoms with E-state index in [9.17, 15) is 0 Å². The highest BCUT2D eigenvalue weighted by molar-refractivity contribution is 5.52. The first kappa shape index (κ1) is 15.4. The molecule has 1 saturated heterocycles. The quantitative estimate of drug-likeness (QED) is 0.934. The van der Waals surface area contributed by atoms with Crippen LogP contribution in [0, 0.1) is 6.92 Å². The summed E-state index contributed by atoms with van der Waals surface area (Å²) in [6.45, 7) is 4.16. The molecular formula is C20H26N4. The Balaban J connectivity index is 1.55. The third-order valence-electron chi connectivity index (χ3n) is 5.14. The molecule has 0 bridgehead atoms. The SMILES string of the molecule is Cc1nc2c(c(N3CCCC(Nc4ccccc4)C3)n1)CCCC2. The van der Waals surface area contributed by atoms with Crippen molar-refractivity contribution in [3.63, 3.8) is 0 Å². The van der Waals surface area contributed by atoms with E-state index in [0.717, 1.165) is 31.8 Å². The Kier molecular flexibility index (Phi) is 4.37. The normalized spacial score (nSPS) is 20.5. The smallest absolute Gasteiger partial charge is 0.135 e. The monoisotopic (exact) mass is 322 g/mol. The molecule has 0 amide bonds. The van der Waals surface area contributed by atoms with Crippen LogP contribution in [-0.4, -0.2) is 29.1 Å². The van der Waals surface area contributed by atoms with Crippen molar-refractivity contribution < 1.29 is 0 Å². The number of anilines is 2. The molecular weight excluding hydrogens is 296 g/mol. The molecule has 1 unspecified atom stereocenters. The molecule has 126 valence electrons. The zero-order valence-corrected chi connectivity index (χ0v) is 14.5. The number of rotatable bonds is 3. The van der Waals surface area contributed by atoms with E-state index >= 15 is 0 Å². The van der Waals surface area contributed by atoms with Crippen molar-refractivity contribution in [1.82, 2.24) is 9.97 Å². The maximum Gasteiger partial charge on any atom is 0.135 e. The van der Waals surface area contributed by atoms with Gasteiger partial charge in [0.15, 0.2) is 0 Å². The number of nitrogens with one attached hydrogen (secondary N) is 1. The standard InChI is InChI=1S/C20H26N4/c1-15-21-19-12-6-5-11-18(19)20(22-15)24-13-7-10-17(14-24)23-16-8-3-2-4-9-16/h2-4,8-9,17,23H,5-7,10-14H2,1H3. The van der Waals surface area contributed by atoms with Crippen LogP contribution >= 0.6 is 0 Å². The van der Waals surface area contributed by atoms with E-state index in [4.69, 9.17) is 9.97 Å². The second-order valence-electron chi connectivity index (χ2n) is 7.02. The number of fused-ring (bicyclic) bond motifs is 1. The van der Waals surface area contributed by atoms with Gasteiger partial charge in [-0.3, -0.25) is 0 Å². The van der Waals surface area contributed by atoms with E-state index in [1.54, 1.807) is 0 Å². The Labute approximate surface area is 144 Å². The number of hydrogen-bond donors (Lipinski definition) is 1. The van der Waals surface area contributed by atoms with E-state index in [1.165, 1.54) is 48.4 Å². The number of nitrogens with zero attached hydrogens (tertiary/aromatic N) is 3. The predicted molar refractivity (Wildman–Crippen MR) is 98.7 cm³/mol. The van der Waals surface area contributed by atoms with E-state index in [-0.39, 0.29) is 0 Å². The summed E-state index contributed by atoms with van der Waals surface area (Å²) in [6.07, 6.45) is 7.22. The van der Waals surface area contributed by atoms with Gasteiger partial charge in [-0.15, -0.1) is 0 Å². The largest absolute Gasteiger partial charge is 0.381 e. The highest BCUT2D eigenvalue weighted by Crippen LogP contribution is 2.30. The van der Waals surface area contributed by atoms with Crippen LogP contribution in [-0.2, 0) is 12.8 Å². The Morgan fingerprint density at radius 1 is 1.04 bits per heavy atom. The summed E-state index contributed by atoms with van der Waals surface area (Å²) < 4.78 is 0. The zero-order chi connectivity index (χ0) is 16.4. The molecule has 1 aliphatic carbocycles. The minimum absolute atomic E-state index is 0.482. The zero-order valence-electron chi connectivity index (χ0n) is 14.5. The minimum atomic E-state index is 0.482. The lowest BCUT2D eigenvalue weighted by molar-refractivity contribution is 0.522. The van der Waals surface area contributed by atoms with Crippen LogP contribution in [0.1, 0.15) is 42.8 Å². The van der Waals surface area contributed by atoms with Gasteiger partial charge in [-0.05, 0) is 57.6 Å². The highest BCUT2D eigenvalue weighted by atomic mass is 15.2. The maximum absolute atomic E-state index is 4.84. The van der Waals surface area contributed by atoms with Gasteiger partial charge in [-0.25, -0.2) is 9.97 Å². The first-order chi connectivity index (χ1) is 11.8. The van der Waals surface area contributed by atoms with Crippen molar-refractivity contribution in [3.05, 3.63) is 47.4 Å². The Morgan fingerprint density at radius 2 is 1.88 bits per heavy atom. The summed E-state index contributed by atoms with van der Waals surface area (Å²) in [4.78, 5) is 12.0. The Morgan fingerprint density at radius 3 is 2.75 bits per heavy atom. The third-order valence-corrected chi connectivity index (χ3v) is 5.14. The third kappa shape index (κ3) is 3.23. The fourth-order valence-electron chi connectivity index (χ4n) is 4.01. The summed E-state index contributed by atoms with van der Waals surface area (Å²) in [6, 6.07) is 11.0. The summed E-state index contributed by atoms with van der Waals surface area (Å²) in [5.41, 5.74) is 3.92. The van der Waals surface area contributed by atoms with Gasteiger partial charge >= 0.3 is 0 Å². The molecule has 4 heteroatoms. The van der Waals surface area contributed by atoms with Crippen molar-refractivity contribution in [2.24, 2.45) is 0 Å². The number of aromatic nitrogens is 2. The van der Waals surface area contributed by atoms with Gasteiger partial charge in [0.1, 0.15) is 11.6 Å². The molecule has 1 aromatic carbocycles. The molecule has 4 nitrogen and oxygen atoms in total. The lowest BCUT2D eigenvalue weighted by Gasteiger charge is -2.36. The van der Waals surface area contributed by atoms with Crippen molar-refractivity contribution in [2.45, 2.75) is 51.5 Å². The first-order valence-corrected chi connectivity index (χ1v) is 9.22. The molecule has 2 aromatic rings. The van der Waals surface area contributed by atoms with Gasteiger partial charge < -0.3 is 10.2 Å². The molecule has 0 radical (unpaired) electrons.